The largest absolute Gasteiger partial charge is 0.381 e. The molecule has 1 aliphatic rings. The lowest BCUT2D eigenvalue weighted by atomic mass is 10.2. The summed E-state index contributed by atoms with van der Waals surface area (Å²) < 4.78 is 12.8. The molecule has 2 aromatic rings. The van der Waals surface area contributed by atoms with Gasteiger partial charge in [-0.05, 0) is 61.3 Å². The number of rotatable bonds is 5. The van der Waals surface area contributed by atoms with Gasteiger partial charge >= 0.3 is 0 Å². The molecule has 0 saturated carbocycles. The van der Waals surface area contributed by atoms with E-state index >= 15 is 0 Å². The van der Waals surface area contributed by atoms with E-state index in [0.29, 0.717) is 6.54 Å². The molecule has 110 valence electrons. The molecule has 1 fully saturated rings. The van der Waals surface area contributed by atoms with Gasteiger partial charge < -0.3 is 5.32 Å². The predicted octanol–water partition coefficient (Wildman–Crippen LogP) is 4.03. The van der Waals surface area contributed by atoms with Crippen LogP contribution in [0.25, 0.3) is 0 Å². The second-order valence-electron chi connectivity index (χ2n) is 5.66. The van der Waals surface area contributed by atoms with Gasteiger partial charge in [0.25, 0.3) is 0 Å². The van der Waals surface area contributed by atoms with Crippen LogP contribution in [-0.2, 0) is 13.1 Å². The summed E-state index contributed by atoms with van der Waals surface area (Å²) in [5, 5.41) is 3.37. The lowest BCUT2D eigenvalue weighted by Gasteiger charge is -2.15. The maximum absolute atomic E-state index is 12.8. The second kappa shape index (κ2) is 6.72. The zero-order valence-electron chi connectivity index (χ0n) is 12.2. The van der Waals surface area contributed by atoms with Crippen LogP contribution in [0.2, 0.25) is 0 Å². The van der Waals surface area contributed by atoms with Crippen molar-refractivity contribution in [2.75, 3.05) is 18.4 Å². The molecule has 2 nitrogen and oxygen atoms in total. The minimum atomic E-state index is -0.190. The molecular weight excluding hydrogens is 263 g/mol. The average molecular weight is 284 g/mol. The number of benzene rings is 2. The van der Waals surface area contributed by atoms with Crippen LogP contribution in [0, 0.1) is 5.82 Å². The minimum Gasteiger partial charge on any atom is -0.381 e. The summed E-state index contributed by atoms with van der Waals surface area (Å²) in [6.45, 7) is 4.22. The summed E-state index contributed by atoms with van der Waals surface area (Å²) in [6.07, 6.45) is 2.66. The van der Waals surface area contributed by atoms with Crippen molar-refractivity contribution in [2.45, 2.75) is 25.9 Å². The van der Waals surface area contributed by atoms with E-state index < -0.39 is 0 Å². The van der Waals surface area contributed by atoms with Crippen LogP contribution in [0.1, 0.15) is 24.0 Å². The Hall–Kier alpha value is -1.87. The van der Waals surface area contributed by atoms with Crippen molar-refractivity contribution in [1.29, 1.82) is 0 Å². The quantitative estimate of drug-likeness (QED) is 0.891. The molecule has 2 aromatic carbocycles. The number of nitrogens with one attached hydrogen (secondary N) is 1. The van der Waals surface area contributed by atoms with Crippen molar-refractivity contribution in [3.63, 3.8) is 0 Å². The molecule has 0 bridgehead atoms. The molecule has 3 rings (SSSR count). The lowest BCUT2D eigenvalue weighted by molar-refractivity contribution is 0.331. The molecule has 0 atom stereocenters. The molecule has 1 N–H and O–H groups in total. The van der Waals surface area contributed by atoms with E-state index in [-0.39, 0.29) is 5.82 Å². The Balaban J connectivity index is 1.52. The van der Waals surface area contributed by atoms with E-state index in [2.05, 4.69) is 34.5 Å². The second-order valence-corrected chi connectivity index (χ2v) is 5.66. The Morgan fingerprint density at radius 3 is 2.14 bits per heavy atom. The van der Waals surface area contributed by atoms with Gasteiger partial charge in [-0.1, -0.05) is 24.3 Å². The Bertz CT molecular complexity index is 557. The molecule has 21 heavy (non-hydrogen) atoms. The van der Waals surface area contributed by atoms with Gasteiger partial charge in [0.15, 0.2) is 0 Å². The van der Waals surface area contributed by atoms with Gasteiger partial charge in [-0.25, -0.2) is 4.39 Å². The van der Waals surface area contributed by atoms with Gasteiger partial charge in [-0.3, -0.25) is 4.90 Å². The number of likely N-dealkylation sites (tertiary alicyclic amines) is 1. The Morgan fingerprint density at radius 2 is 1.48 bits per heavy atom. The van der Waals surface area contributed by atoms with Crippen molar-refractivity contribution < 1.29 is 4.39 Å². The zero-order chi connectivity index (χ0) is 14.5. The minimum absolute atomic E-state index is 0.190. The van der Waals surface area contributed by atoms with E-state index in [1.807, 2.05) is 12.1 Å². The van der Waals surface area contributed by atoms with Gasteiger partial charge in [0.2, 0.25) is 0 Å². The molecule has 0 aromatic heterocycles. The fourth-order valence-corrected chi connectivity index (χ4v) is 2.73. The van der Waals surface area contributed by atoms with Gasteiger partial charge in [0.1, 0.15) is 5.82 Å². The van der Waals surface area contributed by atoms with Crippen LogP contribution < -0.4 is 5.32 Å². The molecule has 0 spiro atoms. The predicted molar refractivity (Wildman–Crippen MR) is 84.7 cm³/mol. The lowest BCUT2D eigenvalue weighted by Crippen LogP contribution is -2.18. The van der Waals surface area contributed by atoms with Crippen molar-refractivity contribution in [2.24, 2.45) is 0 Å². The SMILES string of the molecule is Fc1ccc(CNc2ccc(CN3CCCC3)cc2)cc1. The molecule has 3 heteroatoms. The summed E-state index contributed by atoms with van der Waals surface area (Å²) in [4.78, 5) is 2.50. The zero-order valence-corrected chi connectivity index (χ0v) is 12.2. The number of nitrogens with zero attached hydrogens (tertiary/aromatic N) is 1. The summed E-state index contributed by atoms with van der Waals surface area (Å²) in [7, 11) is 0. The van der Waals surface area contributed by atoms with Crippen molar-refractivity contribution in [3.8, 4) is 0 Å². The number of hydrogen-bond donors (Lipinski definition) is 1. The molecule has 0 amide bonds. The summed E-state index contributed by atoms with van der Waals surface area (Å²) in [5.74, 6) is -0.190. The fourth-order valence-electron chi connectivity index (χ4n) is 2.73. The van der Waals surface area contributed by atoms with Crippen LogP contribution in [0.5, 0.6) is 0 Å². The Labute approximate surface area is 125 Å². The van der Waals surface area contributed by atoms with E-state index in [1.54, 1.807) is 0 Å². The first-order chi connectivity index (χ1) is 10.3. The molecular formula is C18H21FN2. The summed E-state index contributed by atoms with van der Waals surface area (Å²) in [6, 6.07) is 15.2. The molecule has 0 aliphatic carbocycles. The molecule has 1 saturated heterocycles. The van der Waals surface area contributed by atoms with Gasteiger partial charge in [-0.15, -0.1) is 0 Å². The first-order valence-electron chi connectivity index (χ1n) is 7.59. The van der Waals surface area contributed by atoms with Crippen LogP contribution in [-0.4, -0.2) is 18.0 Å². The maximum Gasteiger partial charge on any atom is 0.123 e. The fraction of sp³-hybridized carbons (Fsp3) is 0.333. The van der Waals surface area contributed by atoms with E-state index in [4.69, 9.17) is 0 Å². The Morgan fingerprint density at radius 1 is 0.857 bits per heavy atom. The highest BCUT2D eigenvalue weighted by Crippen LogP contribution is 2.16. The third-order valence-electron chi connectivity index (χ3n) is 3.97. The van der Waals surface area contributed by atoms with Gasteiger partial charge in [0.05, 0.1) is 0 Å². The third-order valence-corrected chi connectivity index (χ3v) is 3.97. The van der Waals surface area contributed by atoms with Crippen molar-refractivity contribution >= 4 is 5.69 Å². The first-order valence-corrected chi connectivity index (χ1v) is 7.59. The van der Waals surface area contributed by atoms with Crippen molar-refractivity contribution in [3.05, 3.63) is 65.5 Å². The van der Waals surface area contributed by atoms with E-state index in [1.165, 1.54) is 43.6 Å². The van der Waals surface area contributed by atoms with Crippen molar-refractivity contribution in [1.82, 2.24) is 4.90 Å². The smallest absolute Gasteiger partial charge is 0.123 e. The van der Waals surface area contributed by atoms with Crippen LogP contribution in [0.4, 0.5) is 10.1 Å². The summed E-state index contributed by atoms with van der Waals surface area (Å²) >= 11 is 0. The summed E-state index contributed by atoms with van der Waals surface area (Å²) in [5.41, 5.74) is 3.55. The highest BCUT2D eigenvalue weighted by molar-refractivity contribution is 5.45. The average Bonchev–Trinajstić information content (AvgIpc) is 3.01. The van der Waals surface area contributed by atoms with Crippen LogP contribution in [0.15, 0.2) is 48.5 Å². The molecule has 1 heterocycles. The van der Waals surface area contributed by atoms with E-state index in [9.17, 15) is 4.39 Å². The number of halogens is 1. The Kier molecular flexibility index (Phi) is 4.51. The normalized spacial score (nSPS) is 15.3. The number of hydrogen-bond acceptors (Lipinski definition) is 2. The molecule has 1 aliphatic heterocycles. The monoisotopic (exact) mass is 284 g/mol. The molecule has 0 unspecified atom stereocenters. The highest BCUT2D eigenvalue weighted by atomic mass is 19.1. The topological polar surface area (TPSA) is 15.3 Å². The standard InChI is InChI=1S/C18H21FN2/c19-17-7-3-15(4-8-17)13-20-18-9-5-16(6-10-18)14-21-11-1-2-12-21/h3-10,20H,1-2,11-14H2. The number of anilines is 1. The maximum atomic E-state index is 12.8. The third kappa shape index (κ3) is 4.05. The van der Waals surface area contributed by atoms with Crippen LogP contribution >= 0.6 is 0 Å². The first kappa shape index (κ1) is 14.1. The molecule has 0 radical (unpaired) electrons. The van der Waals surface area contributed by atoms with E-state index in [0.717, 1.165) is 17.8 Å². The highest BCUT2D eigenvalue weighted by Gasteiger charge is 2.11. The van der Waals surface area contributed by atoms with Gasteiger partial charge in [0, 0.05) is 18.8 Å². The van der Waals surface area contributed by atoms with Gasteiger partial charge in [-0.2, -0.15) is 0 Å². The van der Waals surface area contributed by atoms with Crippen LogP contribution in [0.3, 0.4) is 0 Å².